The van der Waals surface area contributed by atoms with Crippen molar-refractivity contribution in [3.8, 4) is 11.3 Å². The van der Waals surface area contributed by atoms with Gasteiger partial charge in [-0.1, -0.05) is 18.7 Å². The molecule has 2 aromatic carbocycles. The summed E-state index contributed by atoms with van der Waals surface area (Å²) in [6, 6.07) is 8.31. The maximum Gasteiger partial charge on any atom is 0.251 e. The molecule has 1 fully saturated rings. The number of fused-ring (bicyclic) bond motifs is 1. The second-order valence-corrected chi connectivity index (χ2v) is 9.48. The fraction of sp³-hybridized carbons (Fsp3) is 0.250. The first-order chi connectivity index (χ1) is 18.8. The Bertz CT molecular complexity index is 1600. The van der Waals surface area contributed by atoms with Crippen molar-refractivity contribution in [1.82, 2.24) is 30.0 Å². The minimum atomic E-state index is -0.540. The molecule has 0 saturated carbocycles. The van der Waals surface area contributed by atoms with Gasteiger partial charge in [0.25, 0.3) is 5.91 Å². The van der Waals surface area contributed by atoms with Crippen LogP contribution in [0.4, 0.5) is 14.6 Å². The van der Waals surface area contributed by atoms with Crippen molar-refractivity contribution >= 4 is 28.7 Å². The third-order valence-corrected chi connectivity index (χ3v) is 6.95. The van der Waals surface area contributed by atoms with Gasteiger partial charge in [0.2, 0.25) is 5.91 Å². The van der Waals surface area contributed by atoms with Crippen LogP contribution in [0.1, 0.15) is 40.4 Å². The summed E-state index contributed by atoms with van der Waals surface area (Å²) in [5, 5.41) is 7.94. The minimum absolute atomic E-state index is 0.0581. The van der Waals surface area contributed by atoms with Gasteiger partial charge in [-0.3, -0.25) is 9.59 Å². The number of anilines is 1. The van der Waals surface area contributed by atoms with Gasteiger partial charge in [-0.15, -0.1) is 0 Å². The second-order valence-electron chi connectivity index (χ2n) is 9.48. The molecule has 1 aliphatic rings. The van der Waals surface area contributed by atoms with Crippen molar-refractivity contribution in [3.05, 3.63) is 83.7 Å². The van der Waals surface area contributed by atoms with Crippen molar-refractivity contribution in [3.63, 3.8) is 0 Å². The first-order valence-electron chi connectivity index (χ1n) is 12.5. The van der Waals surface area contributed by atoms with E-state index < -0.39 is 17.5 Å². The summed E-state index contributed by atoms with van der Waals surface area (Å²) in [6.07, 6.45) is 4.21. The highest BCUT2D eigenvalue weighted by molar-refractivity contribution is 5.98. The molecule has 3 N–H and O–H groups in total. The van der Waals surface area contributed by atoms with Crippen LogP contribution in [-0.4, -0.2) is 49.6 Å². The molecule has 9 nitrogen and oxygen atoms in total. The molecule has 39 heavy (non-hydrogen) atoms. The molecule has 2 amide bonds. The number of hydrogen-bond donors (Lipinski definition) is 2. The summed E-state index contributed by atoms with van der Waals surface area (Å²) >= 11 is 0. The molecule has 0 aliphatic carbocycles. The summed E-state index contributed by atoms with van der Waals surface area (Å²) in [6.45, 7) is 6.22. The van der Waals surface area contributed by atoms with Crippen LogP contribution in [0.2, 0.25) is 0 Å². The van der Waals surface area contributed by atoms with E-state index in [-0.39, 0.29) is 29.9 Å². The number of nitrogens with one attached hydrogen (secondary N) is 1. The highest BCUT2D eigenvalue weighted by atomic mass is 19.1. The maximum atomic E-state index is 15.2. The van der Waals surface area contributed by atoms with Gasteiger partial charge >= 0.3 is 0 Å². The number of carbonyl (C=O) groups is 2. The zero-order chi connectivity index (χ0) is 27.7. The van der Waals surface area contributed by atoms with Crippen LogP contribution in [0.15, 0.2) is 55.4 Å². The van der Waals surface area contributed by atoms with Crippen LogP contribution in [0.5, 0.6) is 0 Å². The number of nitrogen functional groups attached to an aromatic ring is 1. The Kier molecular flexibility index (Phi) is 7.05. The second kappa shape index (κ2) is 10.6. The van der Waals surface area contributed by atoms with Crippen LogP contribution in [0.25, 0.3) is 22.3 Å². The highest BCUT2D eigenvalue weighted by Gasteiger charge is 2.28. The quantitative estimate of drug-likeness (QED) is 0.364. The van der Waals surface area contributed by atoms with Gasteiger partial charge in [0.1, 0.15) is 29.5 Å². The Morgan fingerprint density at radius 3 is 2.77 bits per heavy atom. The van der Waals surface area contributed by atoms with E-state index in [2.05, 4.69) is 21.9 Å². The van der Waals surface area contributed by atoms with Crippen molar-refractivity contribution < 1.29 is 18.4 Å². The number of aromatic nitrogens is 4. The number of nitrogens with zero attached hydrogens (tertiary/aromatic N) is 5. The molecule has 1 aliphatic heterocycles. The van der Waals surface area contributed by atoms with Crippen molar-refractivity contribution in [2.45, 2.75) is 32.4 Å². The predicted octanol–water partition coefficient (Wildman–Crippen LogP) is 3.94. The van der Waals surface area contributed by atoms with Crippen LogP contribution in [0, 0.1) is 18.6 Å². The molecule has 1 atom stereocenters. The smallest absolute Gasteiger partial charge is 0.251 e. The number of carbonyl (C=O) groups excluding carboxylic acids is 2. The lowest BCUT2D eigenvalue weighted by Crippen LogP contribution is -2.40. The van der Waals surface area contributed by atoms with Gasteiger partial charge in [0, 0.05) is 36.3 Å². The molecule has 2 aromatic heterocycles. The van der Waals surface area contributed by atoms with Gasteiger partial charge in [-0.25, -0.2) is 23.4 Å². The Morgan fingerprint density at radius 2 is 2.03 bits per heavy atom. The van der Waals surface area contributed by atoms with E-state index in [1.54, 1.807) is 28.6 Å². The zero-order valence-electron chi connectivity index (χ0n) is 21.3. The van der Waals surface area contributed by atoms with Crippen LogP contribution >= 0.6 is 0 Å². The summed E-state index contributed by atoms with van der Waals surface area (Å²) < 4.78 is 30.3. The van der Waals surface area contributed by atoms with Crippen molar-refractivity contribution in [2.24, 2.45) is 0 Å². The number of hydrogen-bond acceptors (Lipinski definition) is 6. The highest BCUT2D eigenvalue weighted by Crippen LogP contribution is 2.34. The lowest BCUT2D eigenvalue weighted by Gasteiger charge is -2.32. The SMILES string of the molecule is C=CC(=O)N1CCCC(n2nc(-c3ccc(CNC(=O)c4ccc(F)cc4C)c(F)c3)c3c(N)ncnc32)C1. The molecule has 1 unspecified atom stereocenters. The van der Waals surface area contributed by atoms with E-state index in [1.165, 1.54) is 36.7 Å². The van der Waals surface area contributed by atoms with E-state index >= 15 is 4.39 Å². The van der Waals surface area contributed by atoms with Gasteiger partial charge in [0.05, 0.1) is 11.4 Å². The number of amides is 2. The summed E-state index contributed by atoms with van der Waals surface area (Å²) in [7, 11) is 0. The number of halogens is 2. The topological polar surface area (TPSA) is 119 Å². The Balaban J connectivity index is 1.43. The molecule has 0 radical (unpaired) electrons. The molecule has 1 saturated heterocycles. The van der Waals surface area contributed by atoms with Gasteiger partial charge in [-0.2, -0.15) is 5.10 Å². The van der Waals surface area contributed by atoms with Crippen molar-refractivity contribution in [1.29, 1.82) is 0 Å². The number of likely N-dealkylation sites (tertiary alicyclic amines) is 1. The number of aryl methyl sites for hydroxylation is 1. The maximum absolute atomic E-state index is 15.2. The Morgan fingerprint density at radius 1 is 1.21 bits per heavy atom. The lowest BCUT2D eigenvalue weighted by molar-refractivity contribution is -0.127. The largest absolute Gasteiger partial charge is 0.383 e. The normalized spacial score (nSPS) is 15.4. The van der Waals surface area contributed by atoms with E-state index in [0.29, 0.717) is 46.5 Å². The molecule has 200 valence electrons. The van der Waals surface area contributed by atoms with Crippen LogP contribution in [0.3, 0.4) is 0 Å². The first kappa shape index (κ1) is 26.0. The molecule has 3 heterocycles. The third-order valence-electron chi connectivity index (χ3n) is 6.95. The van der Waals surface area contributed by atoms with E-state index in [9.17, 15) is 14.0 Å². The summed E-state index contributed by atoms with van der Waals surface area (Å²) in [4.78, 5) is 35.0. The lowest BCUT2D eigenvalue weighted by atomic mass is 10.1. The standard InChI is InChI=1S/C28H27F2N7O2/c1-3-23(38)36-10-4-5-20(14-36)37-27-24(26(31)33-15-34-27)25(35-37)17-6-7-18(22(30)12-17)13-32-28(39)21-9-8-19(29)11-16(21)2/h3,6-9,11-12,15,20H,1,4-5,10,13-14H2,2H3,(H,32,39)(H2,31,33,34). The fourth-order valence-electron chi connectivity index (χ4n) is 4.93. The average molecular weight is 532 g/mol. The summed E-state index contributed by atoms with van der Waals surface area (Å²) in [5.41, 5.74) is 8.68. The number of nitrogens with two attached hydrogens (primary N) is 1. The monoisotopic (exact) mass is 531 g/mol. The van der Waals surface area contributed by atoms with Crippen LogP contribution in [-0.2, 0) is 11.3 Å². The molecule has 0 bridgehead atoms. The molecule has 4 aromatic rings. The van der Waals surface area contributed by atoms with Crippen LogP contribution < -0.4 is 11.1 Å². The van der Waals surface area contributed by atoms with Crippen molar-refractivity contribution in [2.75, 3.05) is 18.8 Å². The third kappa shape index (κ3) is 5.07. The van der Waals surface area contributed by atoms with Gasteiger partial charge in [0.15, 0.2) is 5.65 Å². The first-order valence-corrected chi connectivity index (χ1v) is 12.5. The minimum Gasteiger partial charge on any atom is -0.383 e. The summed E-state index contributed by atoms with van der Waals surface area (Å²) in [5.74, 6) is -1.34. The number of benzene rings is 2. The predicted molar refractivity (Wildman–Crippen MR) is 142 cm³/mol. The van der Waals surface area contributed by atoms with E-state index in [1.807, 2.05) is 0 Å². The van der Waals surface area contributed by atoms with Gasteiger partial charge < -0.3 is 16.0 Å². The molecular formula is C28H27F2N7O2. The average Bonchev–Trinajstić information content (AvgIpc) is 3.33. The van der Waals surface area contributed by atoms with E-state index in [4.69, 9.17) is 10.8 Å². The molecule has 5 rings (SSSR count). The molecular weight excluding hydrogens is 504 g/mol. The molecule has 11 heteroatoms. The molecule has 0 spiro atoms. The van der Waals surface area contributed by atoms with E-state index in [0.717, 1.165) is 12.8 Å². The number of piperidine rings is 1. The fourth-order valence-corrected chi connectivity index (χ4v) is 4.93. The van der Waals surface area contributed by atoms with Gasteiger partial charge in [-0.05, 0) is 55.7 Å². The zero-order valence-corrected chi connectivity index (χ0v) is 21.3. The Hall–Kier alpha value is -4.67. The Labute approximate surface area is 223 Å². The number of rotatable bonds is 6.